The summed E-state index contributed by atoms with van der Waals surface area (Å²) in [5.41, 5.74) is 0. The summed E-state index contributed by atoms with van der Waals surface area (Å²) in [6.07, 6.45) is 0. The van der Waals surface area contributed by atoms with Crippen molar-refractivity contribution in [3.63, 3.8) is 0 Å². The molecule has 4 heteroatoms. The van der Waals surface area contributed by atoms with E-state index in [0.717, 1.165) is 11.5 Å². The van der Waals surface area contributed by atoms with Crippen LogP contribution in [0.15, 0.2) is 24.3 Å². The predicted molar refractivity (Wildman–Crippen MR) is 55.2 cm³/mol. The molecule has 0 aromatic heterocycles. The van der Waals surface area contributed by atoms with Crippen LogP contribution < -0.4 is 9.47 Å². The lowest BCUT2D eigenvalue weighted by Crippen LogP contribution is -2.00. The summed E-state index contributed by atoms with van der Waals surface area (Å²) < 4.78 is 15.3. The Morgan fingerprint density at radius 2 is 1.64 bits per heavy atom. The molecule has 0 saturated heterocycles. The highest BCUT2D eigenvalue weighted by atomic mass is 35.5. The Bertz CT molecular complexity index is 221. The van der Waals surface area contributed by atoms with Crippen LogP contribution in [0.4, 0.5) is 0 Å². The first-order valence-electron chi connectivity index (χ1n) is 4.27. The van der Waals surface area contributed by atoms with E-state index in [9.17, 15) is 0 Å². The molecule has 14 heavy (non-hydrogen) atoms. The van der Waals surface area contributed by atoms with Gasteiger partial charge < -0.3 is 14.2 Å². The first kappa shape index (κ1) is 11.1. The Kier molecular flexibility index (Phi) is 5.19. The minimum Gasteiger partial charge on any atom is -0.492 e. The number of methoxy groups -OCH3 is 1. The van der Waals surface area contributed by atoms with Crippen LogP contribution >= 0.6 is 11.6 Å². The molecule has 1 aromatic carbocycles. The molecule has 0 heterocycles. The Morgan fingerprint density at radius 1 is 1.07 bits per heavy atom. The van der Waals surface area contributed by atoms with E-state index in [0.29, 0.717) is 12.5 Å². The lowest BCUT2D eigenvalue weighted by atomic mass is 10.3. The van der Waals surface area contributed by atoms with E-state index in [1.807, 2.05) is 24.3 Å². The number of rotatable bonds is 6. The average Bonchev–Trinajstić information content (AvgIpc) is 2.25. The molecule has 0 spiro atoms. The molecule has 3 nitrogen and oxygen atoms in total. The Labute approximate surface area is 88.5 Å². The van der Waals surface area contributed by atoms with E-state index in [1.54, 1.807) is 7.11 Å². The van der Waals surface area contributed by atoms with Gasteiger partial charge in [-0.3, -0.25) is 0 Å². The maximum absolute atomic E-state index is 5.48. The van der Waals surface area contributed by atoms with Gasteiger partial charge in [-0.1, -0.05) is 0 Å². The largest absolute Gasteiger partial charge is 0.492 e. The second-order valence-electron chi connectivity index (χ2n) is 2.56. The van der Waals surface area contributed by atoms with Gasteiger partial charge in [-0.2, -0.15) is 0 Å². The van der Waals surface area contributed by atoms with E-state index < -0.39 is 0 Å². The first-order valence-corrected chi connectivity index (χ1v) is 4.81. The molecular formula is C10H13ClO3. The summed E-state index contributed by atoms with van der Waals surface area (Å²) >= 11 is 5.48. The molecule has 0 aliphatic carbocycles. The van der Waals surface area contributed by atoms with Crippen LogP contribution in [0.5, 0.6) is 11.5 Å². The molecule has 0 fully saturated rings. The maximum atomic E-state index is 5.48. The van der Waals surface area contributed by atoms with Crippen molar-refractivity contribution in [1.82, 2.24) is 0 Å². The van der Waals surface area contributed by atoms with Crippen molar-refractivity contribution in [3.05, 3.63) is 24.3 Å². The molecule has 0 amide bonds. The smallest absolute Gasteiger partial charge is 0.188 e. The first-order chi connectivity index (χ1) is 6.86. The van der Waals surface area contributed by atoms with E-state index in [4.69, 9.17) is 25.8 Å². The van der Waals surface area contributed by atoms with Gasteiger partial charge in [-0.25, -0.2) is 0 Å². The molecule has 0 aliphatic heterocycles. The number of ether oxygens (including phenoxy) is 3. The van der Waals surface area contributed by atoms with Crippen LogP contribution in [-0.4, -0.2) is 26.4 Å². The van der Waals surface area contributed by atoms with Crippen molar-refractivity contribution in [1.29, 1.82) is 0 Å². The fourth-order valence-corrected chi connectivity index (χ4v) is 0.993. The van der Waals surface area contributed by atoms with Gasteiger partial charge in [0.15, 0.2) is 6.79 Å². The lowest BCUT2D eigenvalue weighted by molar-refractivity contribution is 0.0511. The van der Waals surface area contributed by atoms with Crippen LogP contribution in [0, 0.1) is 0 Å². The molecule has 0 bridgehead atoms. The minimum absolute atomic E-state index is 0.252. The zero-order valence-corrected chi connectivity index (χ0v) is 8.79. The summed E-state index contributed by atoms with van der Waals surface area (Å²) in [4.78, 5) is 0. The lowest BCUT2D eigenvalue weighted by Gasteiger charge is -2.06. The van der Waals surface area contributed by atoms with Crippen molar-refractivity contribution < 1.29 is 14.2 Å². The minimum atomic E-state index is 0.252. The van der Waals surface area contributed by atoms with E-state index >= 15 is 0 Å². The summed E-state index contributed by atoms with van der Waals surface area (Å²) in [6.45, 7) is 0.766. The van der Waals surface area contributed by atoms with Crippen LogP contribution in [0.25, 0.3) is 0 Å². The van der Waals surface area contributed by atoms with Gasteiger partial charge >= 0.3 is 0 Å². The Hall–Kier alpha value is -0.930. The quantitative estimate of drug-likeness (QED) is 0.540. The number of benzene rings is 1. The van der Waals surface area contributed by atoms with Crippen molar-refractivity contribution in [2.24, 2.45) is 0 Å². The molecule has 0 N–H and O–H groups in total. The van der Waals surface area contributed by atoms with Gasteiger partial charge in [-0.15, -0.1) is 11.6 Å². The molecule has 0 saturated carbocycles. The Morgan fingerprint density at radius 3 is 2.14 bits per heavy atom. The topological polar surface area (TPSA) is 27.7 Å². The van der Waals surface area contributed by atoms with Gasteiger partial charge in [-0.05, 0) is 24.3 Å². The predicted octanol–water partition coefficient (Wildman–Crippen LogP) is 2.29. The molecule has 0 atom stereocenters. The number of halogens is 1. The third-order valence-electron chi connectivity index (χ3n) is 1.51. The van der Waals surface area contributed by atoms with Gasteiger partial charge in [0, 0.05) is 7.11 Å². The average molecular weight is 217 g/mol. The second kappa shape index (κ2) is 6.51. The highest BCUT2D eigenvalue weighted by molar-refractivity contribution is 6.17. The standard InChI is InChI=1S/C10H13ClO3/c1-12-8-14-10-4-2-9(3-5-10)13-7-6-11/h2-5H,6-8H2,1H3. The third-order valence-corrected chi connectivity index (χ3v) is 1.67. The second-order valence-corrected chi connectivity index (χ2v) is 2.94. The summed E-state index contributed by atoms with van der Waals surface area (Å²) in [7, 11) is 1.58. The summed E-state index contributed by atoms with van der Waals surface area (Å²) in [6, 6.07) is 7.31. The fourth-order valence-electron chi connectivity index (χ4n) is 0.915. The fraction of sp³-hybridized carbons (Fsp3) is 0.400. The summed E-state index contributed by atoms with van der Waals surface area (Å²) in [5, 5.41) is 0. The van der Waals surface area contributed by atoms with Gasteiger partial charge in [0.2, 0.25) is 0 Å². The Balaban J connectivity index is 2.42. The monoisotopic (exact) mass is 216 g/mol. The van der Waals surface area contributed by atoms with Crippen LogP contribution in [0.3, 0.4) is 0 Å². The third kappa shape index (κ3) is 3.85. The maximum Gasteiger partial charge on any atom is 0.188 e. The van der Waals surface area contributed by atoms with Crippen molar-refractivity contribution >= 4 is 11.6 Å². The zero-order chi connectivity index (χ0) is 10.2. The highest BCUT2D eigenvalue weighted by Gasteiger charge is 1.95. The molecule has 1 rings (SSSR count). The van der Waals surface area contributed by atoms with Crippen molar-refractivity contribution in [3.8, 4) is 11.5 Å². The molecule has 1 aromatic rings. The molecular weight excluding hydrogens is 204 g/mol. The van der Waals surface area contributed by atoms with Gasteiger partial charge in [0.05, 0.1) is 5.88 Å². The number of hydrogen-bond acceptors (Lipinski definition) is 3. The zero-order valence-electron chi connectivity index (χ0n) is 8.03. The number of hydrogen-bond donors (Lipinski definition) is 0. The van der Waals surface area contributed by atoms with Crippen LogP contribution in [0.2, 0.25) is 0 Å². The van der Waals surface area contributed by atoms with Crippen LogP contribution in [0.1, 0.15) is 0 Å². The van der Waals surface area contributed by atoms with Crippen LogP contribution in [-0.2, 0) is 4.74 Å². The highest BCUT2D eigenvalue weighted by Crippen LogP contribution is 2.17. The van der Waals surface area contributed by atoms with E-state index in [1.165, 1.54) is 0 Å². The van der Waals surface area contributed by atoms with Gasteiger partial charge in [0.25, 0.3) is 0 Å². The molecule has 0 aliphatic rings. The summed E-state index contributed by atoms with van der Waals surface area (Å²) in [5.74, 6) is 2.03. The SMILES string of the molecule is COCOc1ccc(OCCCl)cc1. The molecule has 0 radical (unpaired) electrons. The van der Waals surface area contributed by atoms with E-state index in [-0.39, 0.29) is 6.79 Å². The number of alkyl halides is 1. The normalized spacial score (nSPS) is 9.86. The molecule has 0 unspecified atom stereocenters. The van der Waals surface area contributed by atoms with Crippen molar-refractivity contribution in [2.75, 3.05) is 26.4 Å². The van der Waals surface area contributed by atoms with Gasteiger partial charge in [0.1, 0.15) is 18.1 Å². The van der Waals surface area contributed by atoms with E-state index in [2.05, 4.69) is 0 Å². The van der Waals surface area contributed by atoms with Crippen molar-refractivity contribution in [2.45, 2.75) is 0 Å². The molecule has 78 valence electrons.